The van der Waals surface area contributed by atoms with Gasteiger partial charge in [0.15, 0.2) is 0 Å². The third-order valence-electron chi connectivity index (χ3n) is 4.10. The second kappa shape index (κ2) is 8.10. The van der Waals surface area contributed by atoms with Crippen LogP contribution < -0.4 is 0 Å². The predicted molar refractivity (Wildman–Crippen MR) is 110 cm³/mol. The number of thioether (sulfide) groups is 1. The highest BCUT2D eigenvalue weighted by Gasteiger charge is 2.17. The molecule has 0 saturated heterocycles. The van der Waals surface area contributed by atoms with Crippen LogP contribution in [-0.2, 0) is 15.8 Å². The highest BCUT2D eigenvalue weighted by atomic mass is 32.2. The van der Waals surface area contributed by atoms with Crippen LogP contribution in [0.2, 0.25) is 0 Å². The molecule has 3 rings (SSSR count). The minimum Gasteiger partial charge on any atom is -0.388 e. The summed E-state index contributed by atoms with van der Waals surface area (Å²) < 4.78 is 26.6. The lowest BCUT2D eigenvalue weighted by atomic mass is 10.1. The number of aliphatic hydroxyl groups is 1. The van der Waals surface area contributed by atoms with Gasteiger partial charge in [-0.15, -0.1) is 11.3 Å². The summed E-state index contributed by atoms with van der Waals surface area (Å²) in [5, 5.41) is 13.7. The molecule has 0 amide bonds. The molecule has 1 atom stereocenters. The second-order valence-corrected chi connectivity index (χ2v) is 10.3. The number of hydrogen-bond acceptors (Lipinski definition) is 5. The zero-order valence-electron chi connectivity index (χ0n) is 14.6. The normalized spacial score (nSPS) is 13.4. The molecule has 1 heterocycles. The first-order valence-corrected chi connectivity index (χ1v) is 11.6. The Labute approximate surface area is 162 Å². The maximum atomic E-state index is 12.1. The maximum Gasteiger partial charge on any atom is 0.242 e. The highest BCUT2D eigenvalue weighted by Crippen LogP contribution is 2.26. The summed E-state index contributed by atoms with van der Waals surface area (Å²) in [5.74, 6) is 1.39. The van der Waals surface area contributed by atoms with Gasteiger partial charge in [-0.3, -0.25) is 0 Å². The average Bonchev–Trinajstić information content (AvgIpc) is 3.09. The summed E-state index contributed by atoms with van der Waals surface area (Å²) in [4.78, 5) is 0.232. The molecule has 3 aromatic rings. The van der Waals surface area contributed by atoms with E-state index in [-0.39, 0.29) is 4.90 Å². The standard InChI is InChI=1S/C19H21NO3S3/c1-20(2)26(22,23)17-6-4-15(5-7-17)18(21)13-24-12-14-3-8-19-16(11-14)9-10-25-19/h3-11,18,21H,12-13H2,1-2H3/t18-/m1/s1. The Kier molecular flexibility index (Phi) is 6.04. The van der Waals surface area contributed by atoms with E-state index in [1.807, 2.05) is 0 Å². The molecular formula is C19H21NO3S3. The van der Waals surface area contributed by atoms with Crippen molar-refractivity contribution in [2.24, 2.45) is 0 Å². The number of rotatable bonds is 7. The maximum absolute atomic E-state index is 12.1. The zero-order valence-corrected chi connectivity index (χ0v) is 17.1. The van der Waals surface area contributed by atoms with E-state index in [1.165, 1.54) is 34.1 Å². The summed E-state index contributed by atoms with van der Waals surface area (Å²) >= 11 is 3.40. The van der Waals surface area contributed by atoms with E-state index in [4.69, 9.17) is 0 Å². The van der Waals surface area contributed by atoms with Crippen molar-refractivity contribution in [3.63, 3.8) is 0 Å². The average molecular weight is 408 g/mol. The van der Waals surface area contributed by atoms with Gasteiger partial charge in [0.25, 0.3) is 0 Å². The molecule has 2 aromatic carbocycles. The van der Waals surface area contributed by atoms with Gasteiger partial charge < -0.3 is 5.11 Å². The topological polar surface area (TPSA) is 57.6 Å². The summed E-state index contributed by atoms with van der Waals surface area (Å²) in [7, 11) is -0.434. The molecule has 1 aromatic heterocycles. The summed E-state index contributed by atoms with van der Waals surface area (Å²) in [6, 6.07) is 15.0. The van der Waals surface area contributed by atoms with E-state index >= 15 is 0 Å². The first-order valence-electron chi connectivity index (χ1n) is 8.12. The lowest BCUT2D eigenvalue weighted by Gasteiger charge is -2.14. The first-order chi connectivity index (χ1) is 12.4. The lowest BCUT2D eigenvalue weighted by Crippen LogP contribution is -2.22. The van der Waals surface area contributed by atoms with E-state index in [0.29, 0.717) is 5.75 Å². The van der Waals surface area contributed by atoms with Gasteiger partial charge in [0.1, 0.15) is 0 Å². The van der Waals surface area contributed by atoms with Crippen LogP contribution in [0.4, 0.5) is 0 Å². The number of aliphatic hydroxyl groups excluding tert-OH is 1. The van der Waals surface area contributed by atoms with Gasteiger partial charge in [-0.25, -0.2) is 12.7 Å². The predicted octanol–water partition coefficient (Wildman–Crippen LogP) is 4.12. The fourth-order valence-corrected chi connectivity index (χ4v) is 5.18. The van der Waals surface area contributed by atoms with E-state index in [9.17, 15) is 13.5 Å². The van der Waals surface area contributed by atoms with Crippen LogP contribution in [0.15, 0.2) is 58.8 Å². The molecule has 7 heteroatoms. The molecule has 0 bridgehead atoms. The molecule has 1 N–H and O–H groups in total. The van der Waals surface area contributed by atoms with Crippen molar-refractivity contribution in [3.8, 4) is 0 Å². The number of sulfonamides is 1. The number of thiophene rings is 1. The van der Waals surface area contributed by atoms with E-state index in [0.717, 1.165) is 11.3 Å². The largest absolute Gasteiger partial charge is 0.388 e. The minimum atomic E-state index is -3.44. The fraction of sp³-hybridized carbons (Fsp3) is 0.263. The Balaban J connectivity index is 1.58. The van der Waals surface area contributed by atoms with Gasteiger partial charge in [-0.05, 0) is 52.2 Å². The lowest BCUT2D eigenvalue weighted by molar-refractivity contribution is 0.204. The first kappa shape index (κ1) is 19.4. The molecule has 0 unspecified atom stereocenters. The third kappa shape index (κ3) is 4.29. The molecule has 0 fully saturated rings. The molecule has 0 radical (unpaired) electrons. The van der Waals surface area contributed by atoms with Crippen molar-refractivity contribution in [2.75, 3.05) is 19.8 Å². The molecule has 0 spiro atoms. The molecule has 4 nitrogen and oxygen atoms in total. The van der Waals surface area contributed by atoms with Crippen LogP contribution >= 0.6 is 23.1 Å². The monoisotopic (exact) mass is 407 g/mol. The smallest absolute Gasteiger partial charge is 0.242 e. The molecule has 0 aliphatic rings. The summed E-state index contributed by atoms with van der Waals surface area (Å²) in [6.45, 7) is 0. The van der Waals surface area contributed by atoms with Crippen molar-refractivity contribution in [2.45, 2.75) is 16.8 Å². The van der Waals surface area contributed by atoms with Crippen molar-refractivity contribution in [1.82, 2.24) is 4.31 Å². The van der Waals surface area contributed by atoms with Crippen molar-refractivity contribution in [3.05, 3.63) is 65.0 Å². The van der Waals surface area contributed by atoms with E-state index in [2.05, 4.69) is 29.6 Å². The third-order valence-corrected chi connectivity index (χ3v) is 7.92. The Bertz CT molecular complexity index is 979. The van der Waals surface area contributed by atoms with Crippen molar-refractivity contribution < 1.29 is 13.5 Å². The van der Waals surface area contributed by atoms with E-state index < -0.39 is 16.1 Å². The van der Waals surface area contributed by atoms with Gasteiger partial charge in [-0.1, -0.05) is 18.2 Å². The highest BCUT2D eigenvalue weighted by molar-refractivity contribution is 7.98. The van der Waals surface area contributed by atoms with Crippen LogP contribution in [-0.4, -0.2) is 37.7 Å². The van der Waals surface area contributed by atoms with Gasteiger partial charge in [0, 0.05) is 30.3 Å². The number of benzene rings is 2. The molecule has 0 saturated carbocycles. The van der Waals surface area contributed by atoms with Crippen molar-refractivity contribution in [1.29, 1.82) is 0 Å². The van der Waals surface area contributed by atoms with Gasteiger partial charge in [0.2, 0.25) is 10.0 Å². The molecule has 0 aliphatic carbocycles. The van der Waals surface area contributed by atoms with Gasteiger partial charge >= 0.3 is 0 Å². The number of fused-ring (bicyclic) bond motifs is 1. The molecule has 0 aliphatic heterocycles. The molecule has 138 valence electrons. The molecule has 26 heavy (non-hydrogen) atoms. The minimum absolute atomic E-state index is 0.232. The Morgan fingerprint density at radius 2 is 1.85 bits per heavy atom. The van der Waals surface area contributed by atoms with Crippen LogP contribution in [0.1, 0.15) is 17.2 Å². The summed E-state index contributed by atoms with van der Waals surface area (Å²) in [5.41, 5.74) is 1.96. The second-order valence-electron chi connectivity index (χ2n) is 6.18. The van der Waals surface area contributed by atoms with Crippen LogP contribution in [0.3, 0.4) is 0 Å². The summed E-state index contributed by atoms with van der Waals surface area (Å²) in [6.07, 6.45) is -0.624. The van der Waals surface area contributed by atoms with Gasteiger partial charge in [0.05, 0.1) is 11.0 Å². The Morgan fingerprint density at radius 1 is 1.12 bits per heavy atom. The van der Waals surface area contributed by atoms with Crippen LogP contribution in [0, 0.1) is 0 Å². The van der Waals surface area contributed by atoms with E-state index in [1.54, 1.807) is 47.4 Å². The quantitative estimate of drug-likeness (QED) is 0.640. The molecular weight excluding hydrogens is 386 g/mol. The van der Waals surface area contributed by atoms with Crippen molar-refractivity contribution >= 4 is 43.2 Å². The van der Waals surface area contributed by atoms with Gasteiger partial charge in [-0.2, -0.15) is 11.8 Å². The Hall–Kier alpha value is -1.38. The fourth-order valence-electron chi connectivity index (χ4n) is 2.56. The van der Waals surface area contributed by atoms with Crippen LogP contribution in [0.5, 0.6) is 0 Å². The number of hydrogen-bond donors (Lipinski definition) is 1. The SMILES string of the molecule is CN(C)S(=O)(=O)c1ccc([C@H](O)CSCc2ccc3sccc3c2)cc1. The van der Waals surface area contributed by atoms with Crippen LogP contribution in [0.25, 0.3) is 10.1 Å². The Morgan fingerprint density at radius 3 is 2.54 bits per heavy atom. The number of nitrogens with zero attached hydrogens (tertiary/aromatic N) is 1. The zero-order chi connectivity index (χ0) is 18.7.